The summed E-state index contributed by atoms with van der Waals surface area (Å²) in [5.74, 6) is 0.359. The van der Waals surface area contributed by atoms with Gasteiger partial charge < -0.3 is 10.5 Å². The van der Waals surface area contributed by atoms with E-state index in [9.17, 15) is 16.8 Å². The maximum Gasteiger partial charge on any atom is 0.247 e. The number of sulfone groups is 1. The normalized spacial score (nSPS) is 11.8. The Hall–Kier alpha value is -1.39. The molecule has 3 N–H and O–H groups in total. The van der Waals surface area contributed by atoms with Crippen LogP contribution < -0.4 is 15.2 Å². The van der Waals surface area contributed by atoms with Crippen LogP contribution in [0.5, 0.6) is 5.75 Å². The molecule has 20 heavy (non-hydrogen) atoms. The van der Waals surface area contributed by atoms with Gasteiger partial charge in [-0.05, 0) is 12.1 Å². The number of nitrogens with one attached hydrogen (secondary N) is 1. The molecule has 0 radical (unpaired) electrons. The first-order valence-electron chi connectivity index (χ1n) is 5.27. The fourth-order valence-corrected chi connectivity index (χ4v) is 4.33. The molecule has 0 heterocycles. The second-order valence-corrected chi connectivity index (χ2v) is 8.80. The predicted molar refractivity (Wildman–Crippen MR) is 81.0 cm³/mol. The van der Waals surface area contributed by atoms with Crippen LogP contribution in [0.4, 0.5) is 5.69 Å². The van der Waals surface area contributed by atoms with Gasteiger partial charge in [-0.3, -0.25) is 4.72 Å². The Morgan fingerprint density at radius 2 is 2.00 bits per heavy atom. The lowest BCUT2D eigenvalue weighted by molar-refractivity contribution is 0.378. The molecular weight excluding hydrogens is 324 g/mol. The summed E-state index contributed by atoms with van der Waals surface area (Å²) in [5, 5.41) is -0.988. The molecule has 0 unspecified atom stereocenters. The van der Waals surface area contributed by atoms with E-state index in [4.69, 9.17) is 10.5 Å². The van der Waals surface area contributed by atoms with Crippen molar-refractivity contribution in [3.05, 3.63) is 24.3 Å². The maximum atomic E-state index is 11.6. The molecule has 1 aromatic rings. The number of ether oxygens (including phenoxy) is 1. The first-order valence-corrected chi connectivity index (χ1v) is 9.39. The third-order valence-electron chi connectivity index (χ3n) is 1.86. The molecule has 0 fully saturated rings. The molecule has 112 valence electrons. The zero-order valence-electron chi connectivity index (χ0n) is 10.6. The topological polar surface area (TPSA) is 116 Å². The van der Waals surface area contributed by atoms with E-state index >= 15 is 0 Å². The second kappa shape index (κ2) is 6.37. The van der Waals surface area contributed by atoms with Crippen molar-refractivity contribution in [2.75, 3.05) is 22.7 Å². The number of rotatable bonds is 7. The van der Waals surface area contributed by atoms with Crippen LogP contribution in [0, 0.1) is 0 Å². The zero-order valence-corrected chi connectivity index (χ0v) is 13.0. The van der Waals surface area contributed by atoms with Gasteiger partial charge in [0.25, 0.3) is 0 Å². The molecule has 0 amide bonds. The van der Waals surface area contributed by atoms with Gasteiger partial charge in [0.1, 0.15) is 17.3 Å². The average molecular weight is 338 g/mol. The molecule has 0 bridgehead atoms. The Bertz CT molecular complexity index is 697. The van der Waals surface area contributed by atoms with Gasteiger partial charge in [0.15, 0.2) is 14.9 Å². The molecule has 0 aliphatic carbocycles. The van der Waals surface area contributed by atoms with Gasteiger partial charge >= 0.3 is 0 Å². The van der Waals surface area contributed by atoms with E-state index in [2.05, 4.69) is 16.9 Å². The summed E-state index contributed by atoms with van der Waals surface area (Å²) in [5.41, 5.74) is 5.47. The van der Waals surface area contributed by atoms with E-state index < -0.39 is 24.9 Å². The molecule has 1 aromatic carbocycles. The highest BCUT2D eigenvalue weighted by molar-refractivity contribution is 8.08. The average Bonchev–Trinajstić information content (AvgIpc) is 2.22. The van der Waals surface area contributed by atoms with Crippen LogP contribution in [0.25, 0.3) is 0 Å². The molecule has 0 atom stereocenters. The third-order valence-corrected chi connectivity index (χ3v) is 5.48. The quantitative estimate of drug-likeness (QED) is 0.677. The van der Waals surface area contributed by atoms with Gasteiger partial charge in [0.05, 0.1) is 5.69 Å². The minimum absolute atomic E-state index is 0.0227. The van der Waals surface area contributed by atoms with Crippen LogP contribution in [-0.2, 0) is 19.9 Å². The number of hydrogen-bond acceptors (Lipinski definition) is 6. The summed E-state index contributed by atoms with van der Waals surface area (Å²) >= 11 is 4.65. The van der Waals surface area contributed by atoms with Crippen molar-refractivity contribution in [3.63, 3.8) is 0 Å². The SMILES string of the molecule is CS(=O)(=O)CS(=O)(=O)Nc1cccc(OCC(N)=S)c1. The predicted octanol–water partition coefficient (Wildman–Crippen LogP) is 0.0953. The molecule has 7 nitrogen and oxygen atoms in total. The summed E-state index contributed by atoms with van der Waals surface area (Å²) in [7, 11) is -7.63. The van der Waals surface area contributed by atoms with E-state index in [0.717, 1.165) is 6.26 Å². The van der Waals surface area contributed by atoms with Gasteiger partial charge in [-0.2, -0.15) is 0 Å². The van der Waals surface area contributed by atoms with E-state index in [1.165, 1.54) is 12.1 Å². The van der Waals surface area contributed by atoms with Gasteiger partial charge in [0, 0.05) is 12.3 Å². The van der Waals surface area contributed by atoms with Gasteiger partial charge in [-0.1, -0.05) is 18.3 Å². The molecule has 0 aromatic heterocycles. The number of sulfonamides is 1. The van der Waals surface area contributed by atoms with Crippen molar-refractivity contribution in [1.29, 1.82) is 0 Å². The lowest BCUT2D eigenvalue weighted by Gasteiger charge is -2.09. The number of thiocarbonyl (C=S) groups is 1. The molecule has 0 aliphatic rings. The highest BCUT2D eigenvalue weighted by Crippen LogP contribution is 2.18. The van der Waals surface area contributed by atoms with Crippen LogP contribution in [0.3, 0.4) is 0 Å². The van der Waals surface area contributed by atoms with E-state index in [1.54, 1.807) is 12.1 Å². The molecule has 0 saturated carbocycles. The highest BCUT2D eigenvalue weighted by atomic mass is 32.3. The Balaban J connectivity index is 2.83. The first-order chi connectivity index (χ1) is 9.07. The van der Waals surface area contributed by atoms with Crippen molar-refractivity contribution in [1.82, 2.24) is 0 Å². The number of nitrogens with two attached hydrogens (primary N) is 1. The zero-order chi connectivity index (χ0) is 15.4. The van der Waals surface area contributed by atoms with E-state index in [1.807, 2.05) is 0 Å². The van der Waals surface area contributed by atoms with Crippen LogP contribution >= 0.6 is 12.2 Å². The van der Waals surface area contributed by atoms with Crippen molar-refractivity contribution in [3.8, 4) is 5.75 Å². The van der Waals surface area contributed by atoms with Crippen molar-refractivity contribution in [2.45, 2.75) is 0 Å². The van der Waals surface area contributed by atoms with Gasteiger partial charge in [-0.25, -0.2) is 16.8 Å². The monoisotopic (exact) mass is 338 g/mol. The number of anilines is 1. The van der Waals surface area contributed by atoms with Gasteiger partial charge in [0.2, 0.25) is 10.0 Å². The Morgan fingerprint density at radius 1 is 1.35 bits per heavy atom. The largest absolute Gasteiger partial charge is 0.486 e. The third kappa shape index (κ3) is 6.68. The Morgan fingerprint density at radius 3 is 2.55 bits per heavy atom. The van der Waals surface area contributed by atoms with Crippen molar-refractivity contribution in [2.24, 2.45) is 5.73 Å². The molecule has 0 aliphatic heterocycles. The Labute approximate surface area is 123 Å². The molecule has 0 spiro atoms. The summed E-state index contributed by atoms with van der Waals surface area (Å²) in [4.78, 5) is 0.160. The summed E-state index contributed by atoms with van der Waals surface area (Å²) in [6.07, 6.45) is 0.841. The Kier molecular flexibility index (Phi) is 5.31. The van der Waals surface area contributed by atoms with Crippen LogP contribution in [0.1, 0.15) is 0 Å². The lowest BCUT2D eigenvalue weighted by Crippen LogP contribution is -2.22. The fourth-order valence-electron chi connectivity index (χ4n) is 1.29. The number of benzene rings is 1. The van der Waals surface area contributed by atoms with Crippen LogP contribution in [0.15, 0.2) is 24.3 Å². The minimum Gasteiger partial charge on any atom is -0.486 e. The van der Waals surface area contributed by atoms with Crippen LogP contribution in [0.2, 0.25) is 0 Å². The standard InChI is InChI=1S/C10H14N2O5S3/c1-19(13,14)7-20(15,16)12-8-3-2-4-9(5-8)17-6-10(11)18/h2-5,12H,6-7H2,1H3,(H2,11,18). The highest BCUT2D eigenvalue weighted by Gasteiger charge is 2.18. The van der Waals surface area contributed by atoms with Crippen molar-refractivity contribution < 1.29 is 21.6 Å². The van der Waals surface area contributed by atoms with Crippen LogP contribution in [-0.4, -0.2) is 39.8 Å². The first kappa shape index (κ1) is 16.7. The summed E-state index contributed by atoms with van der Waals surface area (Å²) < 4.78 is 52.6. The van der Waals surface area contributed by atoms with E-state index in [-0.39, 0.29) is 17.3 Å². The molecular formula is C10H14N2O5S3. The smallest absolute Gasteiger partial charge is 0.247 e. The lowest BCUT2D eigenvalue weighted by atomic mass is 10.3. The number of hydrogen-bond donors (Lipinski definition) is 2. The minimum atomic E-state index is -3.98. The molecule has 1 rings (SSSR count). The van der Waals surface area contributed by atoms with E-state index in [0.29, 0.717) is 5.75 Å². The van der Waals surface area contributed by atoms with Gasteiger partial charge in [-0.15, -0.1) is 0 Å². The fraction of sp³-hybridized carbons (Fsp3) is 0.300. The second-order valence-electron chi connectivity index (χ2n) is 4.04. The van der Waals surface area contributed by atoms with Crippen molar-refractivity contribution >= 4 is 42.8 Å². The summed E-state index contributed by atoms with van der Waals surface area (Å²) in [6, 6.07) is 6.01. The summed E-state index contributed by atoms with van der Waals surface area (Å²) in [6.45, 7) is 0.0227. The molecule has 0 saturated heterocycles. The molecule has 10 heteroatoms. The maximum absolute atomic E-state index is 11.6.